The molecule has 1 aliphatic heterocycles. The summed E-state index contributed by atoms with van der Waals surface area (Å²) in [7, 11) is 2.19. The van der Waals surface area contributed by atoms with E-state index in [9.17, 15) is 0 Å². The van der Waals surface area contributed by atoms with Crippen LogP contribution >= 0.6 is 0 Å². The number of aliphatic hydroxyl groups excluding tert-OH is 1. The van der Waals surface area contributed by atoms with Crippen LogP contribution in [0.4, 0.5) is 0 Å². The average Bonchev–Trinajstić information content (AvgIpc) is 2.19. The maximum Gasteiger partial charge on any atom is 0.0584 e. The van der Waals surface area contributed by atoms with Crippen molar-refractivity contribution in [1.82, 2.24) is 10.2 Å². The second-order valence-electron chi connectivity index (χ2n) is 4.47. The number of rotatable bonds is 5. The third-order valence-electron chi connectivity index (χ3n) is 3.13. The monoisotopic (exact) mass is 200 g/mol. The van der Waals surface area contributed by atoms with Crippen LogP contribution in [0.3, 0.4) is 0 Å². The van der Waals surface area contributed by atoms with Gasteiger partial charge in [-0.25, -0.2) is 0 Å². The van der Waals surface area contributed by atoms with Crippen molar-refractivity contribution in [3.8, 4) is 0 Å². The molecule has 2 atom stereocenters. The van der Waals surface area contributed by atoms with Crippen LogP contribution in [0, 0.1) is 5.92 Å². The first-order valence-electron chi connectivity index (χ1n) is 5.79. The zero-order valence-corrected chi connectivity index (χ0v) is 9.50. The van der Waals surface area contributed by atoms with E-state index < -0.39 is 0 Å². The Kier molecular flexibility index (Phi) is 5.45. The Labute approximate surface area is 87.5 Å². The Balaban J connectivity index is 2.16. The topological polar surface area (TPSA) is 35.5 Å². The Bertz CT molecular complexity index is 148. The van der Waals surface area contributed by atoms with Gasteiger partial charge in [0.25, 0.3) is 0 Å². The van der Waals surface area contributed by atoms with Crippen molar-refractivity contribution in [2.24, 2.45) is 5.92 Å². The van der Waals surface area contributed by atoms with Crippen molar-refractivity contribution in [3.63, 3.8) is 0 Å². The predicted octanol–water partition coefficient (Wildman–Crippen LogP) is 0.689. The van der Waals surface area contributed by atoms with Gasteiger partial charge in [0.2, 0.25) is 0 Å². The van der Waals surface area contributed by atoms with Gasteiger partial charge in [-0.1, -0.05) is 6.92 Å². The van der Waals surface area contributed by atoms with Crippen molar-refractivity contribution in [3.05, 3.63) is 0 Å². The van der Waals surface area contributed by atoms with E-state index in [0.29, 0.717) is 6.04 Å². The van der Waals surface area contributed by atoms with Crippen LogP contribution in [-0.2, 0) is 0 Å². The summed E-state index contributed by atoms with van der Waals surface area (Å²) in [6.45, 7) is 5.88. The fourth-order valence-corrected chi connectivity index (χ4v) is 2.11. The maximum atomic E-state index is 9.03. The molecule has 0 aromatic heterocycles. The van der Waals surface area contributed by atoms with Gasteiger partial charge in [0.15, 0.2) is 0 Å². The quantitative estimate of drug-likeness (QED) is 0.685. The molecule has 0 spiro atoms. The molecule has 3 heteroatoms. The molecule has 1 saturated heterocycles. The highest BCUT2D eigenvalue weighted by molar-refractivity contribution is 4.74. The molecule has 1 unspecified atom stereocenters. The van der Waals surface area contributed by atoms with Crippen molar-refractivity contribution < 1.29 is 5.11 Å². The minimum atomic E-state index is 0.263. The Morgan fingerprint density at radius 3 is 2.93 bits per heavy atom. The van der Waals surface area contributed by atoms with Crippen LogP contribution in [0.1, 0.15) is 26.2 Å². The second-order valence-corrected chi connectivity index (χ2v) is 4.47. The lowest BCUT2D eigenvalue weighted by molar-refractivity contribution is 0.188. The largest absolute Gasteiger partial charge is 0.395 e. The molecule has 0 aromatic rings. The van der Waals surface area contributed by atoms with Gasteiger partial charge in [-0.2, -0.15) is 0 Å². The smallest absolute Gasteiger partial charge is 0.0584 e. The molecule has 3 nitrogen and oxygen atoms in total. The normalized spacial score (nSPS) is 26.4. The summed E-state index contributed by atoms with van der Waals surface area (Å²) in [5.74, 6) is 0.773. The van der Waals surface area contributed by atoms with Gasteiger partial charge < -0.3 is 15.3 Å². The summed E-state index contributed by atoms with van der Waals surface area (Å²) in [5, 5.41) is 12.5. The predicted molar refractivity (Wildman–Crippen MR) is 59.4 cm³/mol. The van der Waals surface area contributed by atoms with Crippen LogP contribution < -0.4 is 5.32 Å². The molecule has 0 aromatic carbocycles. The summed E-state index contributed by atoms with van der Waals surface area (Å²) in [4.78, 5) is 2.40. The van der Waals surface area contributed by atoms with E-state index in [0.717, 1.165) is 18.9 Å². The van der Waals surface area contributed by atoms with Gasteiger partial charge in [0.05, 0.1) is 6.61 Å². The molecule has 0 saturated carbocycles. The van der Waals surface area contributed by atoms with E-state index in [1.807, 2.05) is 0 Å². The van der Waals surface area contributed by atoms with Gasteiger partial charge in [-0.15, -0.1) is 0 Å². The fraction of sp³-hybridized carbons (Fsp3) is 1.00. The van der Waals surface area contributed by atoms with E-state index >= 15 is 0 Å². The lowest BCUT2D eigenvalue weighted by Gasteiger charge is -2.30. The molecule has 1 heterocycles. The number of nitrogens with zero attached hydrogens (tertiary/aromatic N) is 1. The lowest BCUT2D eigenvalue weighted by atomic mass is 9.98. The van der Waals surface area contributed by atoms with Crippen LogP contribution in [0.15, 0.2) is 0 Å². The van der Waals surface area contributed by atoms with E-state index in [2.05, 4.69) is 24.2 Å². The van der Waals surface area contributed by atoms with E-state index in [4.69, 9.17) is 5.11 Å². The third-order valence-corrected chi connectivity index (χ3v) is 3.13. The number of piperidine rings is 1. The standard InChI is InChI=1S/C11H24N2O/c1-3-11(9-14)12-7-10-5-4-6-13(2)8-10/h10-12,14H,3-9H2,1-2H3/t10?,11-/m0/s1. The summed E-state index contributed by atoms with van der Waals surface area (Å²) in [6.07, 6.45) is 3.66. The highest BCUT2D eigenvalue weighted by Crippen LogP contribution is 2.14. The first-order valence-corrected chi connectivity index (χ1v) is 5.79. The number of hydrogen-bond donors (Lipinski definition) is 2. The van der Waals surface area contributed by atoms with Gasteiger partial charge in [-0.3, -0.25) is 0 Å². The van der Waals surface area contributed by atoms with Crippen LogP contribution in [-0.4, -0.2) is 49.3 Å². The molecule has 1 fully saturated rings. The summed E-state index contributed by atoms with van der Waals surface area (Å²) in [6, 6.07) is 0.294. The number of aliphatic hydroxyl groups is 1. The summed E-state index contributed by atoms with van der Waals surface area (Å²) in [5.41, 5.74) is 0. The van der Waals surface area contributed by atoms with E-state index in [-0.39, 0.29) is 6.61 Å². The fourth-order valence-electron chi connectivity index (χ4n) is 2.11. The summed E-state index contributed by atoms with van der Waals surface area (Å²) < 4.78 is 0. The maximum absolute atomic E-state index is 9.03. The number of likely N-dealkylation sites (tertiary alicyclic amines) is 1. The molecule has 0 bridgehead atoms. The number of hydrogen-bond acceptors (Lipinski definition) is 3. The molecule has 0 radical (unpaired) electrons. The summed E-state index contributed by atoms with van der Waals surface area (Å²) >= 11 is 0. The first kappa shape index (κ1) is 12.0. The zero-order chi connectivity index (χ0) is 10.4. The van der Waals surface area contributed by atoms with E-state index in [1.54, 1.807) is 0 Å². The Morgan fingerprint density at radius 2 is 2.36 bits per heavy atom. The highest BCUT2D eigenvalue weighted by Gasteiger charge is 2.17. The van der Waals surface area contributed by atoms with Gasteiger partial charge >= 0.3 is 0 Å². The zero-order valence-electron chi connectivity index (χ0n) is 9.50. The minimum absolute atomic E-state index is 0.263. The van der Waals surface area contributed by atoms with Crippen molar-refractivity contribution in [2.45, 2.75) is 32.2 Å². The van der Waals surface area contributed by atoms with Crippen LogP contribution in [0.2, 0.25) is 0 Å². The molecular weight excluding hydrogens is 176 g/mol. The molecule has 1 aliphatic rings. The molecule has 0 amide bonds. The Morgan fingerprint density at radius 1 is 1.57 bits per heavy atom. The van der Waals surface area contributed by atoms with Crippen molar-refractivity contribution >= 4 is 0 Å². The average molecular weight is 200 g/mol. The number of nitrogens with one attached hydrogen (secondary N) is 1. The molecule has 2 N–H and O–H groups in total. The van der Waals surface area contributed by atoms with Gasteiger partial charge in [0.1, 0.15) is 0 Å². The van der Waals surface area contributed by atoms with Gasteiger partial charge in [0, 0.05) is 12.6 Å². The molecule has 1 rings (SSSR count). The first-order chi connectivity index (χ1) is 6.76. The van der Waals surface area contributed by atoms with Crippen LogP contribution in [0.5, 0.6) is 0 Å². The highest BCUT2D eigenvalue weighted by atomic mass is 16.3. The minimum Gasteiger partial charge on any atom is -0.395 e. The second kappa shape index (κ2) is 6.38. The van der Waals surface area contributed by atoms with Crippen molar-refractivity contribution in [2.75, 3.05) is 33.3 Å². The van der Waals surface area contributed by atoms with Crippen molar-refractivity contribution in [1.29, 1.82) is 0 Å². The van der Waals surface area contributed by atoms with Gasteiger partial charge in [-0.05, 0) is 45.3 Å². The SMILES string of the molecule is CC[C@@H](CO)NCC1CCCN(C)C1. The van der Waals surface area contributed by atoms with Crippen LogP contribution in [0.25, 0.3) is 0 Å². The molecule has 14 heavy (non-hydrogen) atoms. The lowest BCUT2D eigenvalue weighted by Crippen LogP contribution is -2.41. The Hall–Kier alpha value is -0.120. The molecule has 0 aliphatic carbocycles. The molecular formula is C11H24N2O. The molecule has 84 valence electrons. The van der Waals surface area contributed by atoms with E-state index in [1.165, 1.54) is 25.9 Å². The third kappa shape index (κ3) is 3.95.